The molecule has 2 N–H and O–H groups in total. The predicted octanol–water partition coefficient (Wildman–Crippen LogP) is 1.56. The highest BCUT2D eigenvalue weighted by Gasteiger charge is 2.06. The van der Waals surface area contributed by atoms with Crippen LogP contribution in [0.1, 0.15) is 17.3 Å². The molecule has 0 saturated carbocycles. The quantitative estimate of drug-likeness (QED) is 0.647. The summed E-state index contributed by atoms with van der Waals surface area (Å²) in [5.41, 5.74) is 0.232. The fourth-order valence-corrected chi connectivity index (χ4v) is 1.81. The lowest BCUT2D eigenvalue weighted by Crippen LogP contribution is -2.38. The van der Waals surface area contributed by atoms with Crippen molar-refractivity contribution in [3.8, 4) is 0 Å². The summed E-state index contributed by atoms with van der Waals surface area (Å²) in [4.78, 5) is 8.08. The van der Waals surface area contributed by atoms with Gasteiger partial charge >= 0.3 is 0 Å². The van der Waals surface area contributed by atoms with Crippen molar-refractivity contribution in [3.63, 3.8) is 0 Å². The molecule has 1 aromatic carbocycles. The summed E-state index contributed by atoms with van der Waals surface area (Å²) in [6.45, 7) is 2.39. The number of nitrogens with one attached hydrogen (secondary N) is 2. The van der Waals surface area contributed by atoms with Gasteiger partial charge in [0.25, 0.3) is 0 Å². The second-order valence-corrected chi connectivity index (χ2v) is 4.57. The van der Waals surface area contributed by atoms with Crippen LogP contribution in [0, 0.1) is 18.6 Å². The zero-order chi connectivity index (χ0) is 15.9. The fourth-order valence-electron chi connectivity index (χ4n) is 1.81. The highest BCUT2D eigenvalue weighted by molar-refractivity contribution is 5.79. The molecule has 0 aliphatic heterocycles. The molecule has 0 spiro atoms. The second-order valence-electron chi connectivity index (χ2n) is 4.57. The highest BCUT2D eigenvalue weighted by atomic mass is 19.1. The summed E-state index contributed by atoms with van der Waals surface area (Å²) >= 11 is 0. The van der Waals surface area contributed by atoms with Crippen molar-refractivity contribution in [2.45, 2.75) is 19.9 Å². The number of nitrogens with zero attached hydrogens (tertiary/aromatic N) is 3. The molecule has 0 atom stereocenters. The smallest absolute Gasteiger partial charge is 0.228 e. The van der Waals surface area contributed by atoms with Crippen molar-refractivity contribution < 1.29 is 13.3 Å². The van der Waals surface area contributed by atoms with Gasteiger partial charge < -0.3 is 15.2 Å². The topological polar surface area (TPSA) is 75.3 Å². The standard InChI is InChI=1S/C14H17F2N5O/c1-9-20-13(22-21-9)5-6-18-14(17-2)19-8-10-7-11(15)3-4-12(10)16/h3-4,7H,5-6,8H2,1-2H3,(H2,17,18,19). The van der Waals surface area contributed by atoms with E-state index in [1.54, 1.807) is 14.0 Å². The fraction of sp³-hybridized carbons (Fsp3) is 0.357. The number of rotatable bonds is 5. The molecule has 0 fully saturated rings. The lowest BCUT2D eigenvalue weighted by Gasteiger charge is -2.11. The number of hydrogen-bond donors (Lipinski definition) is 2. The number of halogens is 2. The normalized spacial score (nSPS) is 11.5. The van der Waals surface area contributed by atoms with Gasteiger partial charge in [0.1, 0.15) is 11.6 Å². The van der Waals surface area contributed by atoms with Crippen molar-refractivity contribution in [3.05, 3.63) is 47.1 Å². The predicted molar refractivity (Wildman–Crippen MR) is 77.3 cm³/mol. The molecule has 0 radical (unpaired) electrons. The Morgan fingerprint density at radius 3 is 2.82 bits per heavy atom. The van der Waals surface area contributed by atoms with Crippen molar-refractivity contribution in [2.24, 2.45) is 4.99 Å². The van der Waals surface area contributed by atoms with Crippen LogP contribution < -0.4 is 10.6 Å². The molecular weight excluding hydrogens is 292 g/mol. The van der Waals surface area contributed by atoms with E-state index in [-0.39, 0.29) is 12.1 Å². The van der Waals surface area contributed by atoms with Gasteiger partial charge in [0.05, 0.1) is 0 Å². The van der Waals surface area contributed by atoms with Crippen molar-refractivity contribution >= 4 is 5.96 Å². The zero-order valence-corrected chi connectivity index (χ0v) is 12.4. The Labute approximate surface area is 126 Å². The minimum Gasteiger partial charge on any atom is -0.356 e. The molecule has 2 rings (SSSR count). The van der Waals surface area contributed by atoms with E-state index in [1.807, 2.05) is 0 Å². The molecule has 0 aliphatic carbocycles. The summed E-state index contributed by atoms with van der Waals surface area (Å²) in [5, 5.41) is 9.63. The third-order valence-electron chi connectivity index (χ3n) is 2.88. The Morgan fingerprint density at radius 1 is 1.32 bits per heavy atom. The number of aryl methyl sites for hydroxylation is 1. The Balaban J connectivity index is 1.81. The van der Waals surface area contributed by atoms with Gasteiger partial charge in [0.15, 0.2) is 11.8 Å². The average molecular weight is 309 g/mol. The van der Waals surface area contributed by atoms with Crippen LogP contribution in [0.15, 0.2) is 27.7 Å². The van der Waals surface area contributed by atoms with Crippen molar-refractivity contribution in [1.29, 1.82) is 0 Å². The van der Waals surface area contributed by atoms with E-state index in [2.05, 4.69) is 25.8 Å². The van der Waals surface area contributed by atoms with Gasteiger partial charge in [0, 0.05) is 32.1 Å². The van der Waals surface area contributed by atoms with Crippen LogP contribution >= 0.6 is 0 Å². The maximum absolute atomic E-state index is 13.5. The molecule has 22 heavy (non-hydrogen) atoms. The number of hydrogen-bond acceptors (Lipinski definition) is 4. The SMILES string of the molecule is CN=C(NCCc1nc(C)no1)NCc1cc(F)ccc1F. The second kappa shape index (κ2) is 7.48. The van der Waals surface area contributed by atoms with Crippen LogP contribution in [0.3, 0.4) is 0 Å². The Hall–Kier alpha value is -2.51. The molecule has 0 saturated heterocycles. The molecule has 0 unspecified atom stereocenters. The molecule has 0 aliphatic rings. The van der Waals surface area contributed by atoms with Gasteiger partial charge in [-0.3, -0.25) is 4.99 Å². The van der Waals surface area contributed by atoms with E-state index >= 15 is 0 Å². The van der Waals surface area contributed by atoms with E-state index in [0.29, 0.717) is 30.6 Å². The zero-order valence-electron chi connectivity index (χ0n) is 12.4. The Kier molecular flexibility index (Phi) is 5.40. The van der Waals surface area contributed by atoms with E-state index in [9.17, 15) is 8.78 Å². The summed E-state index contributed by atoms with van der Waals surface area (Å²) in [6.07, 6.45) is 0.538. The van der Waals surface area contributed by atoms with Crippen LogP contribution in [-0.2, 0) is 13.0 Å². The summed E-state index contributed by atoms with van der Waals surface area (Å²) < 4.78 is 31.6. The van der Waals surface area contributed by atoms with Crippen LogP contribution in [0.2, 0.25) is 0 Å². The van der Waals surface area contributed by atoms with Gasteiger partial charge in [-0.1, -0.05) is 5.16 Å². The van der Waals surface area contributed by atoms with E-state index in [1.165, 1.54) is 0 Å². The molecule has 1 aromatic heterocycles. The van der Waals surface area contributed by atoms with Gasteiger partial charge in [0.2, 0.25) is 5.89 Å². The Bertz CT molecular complexity index is 656. The molecule has 8 heteroatoms. The summed E-state index contributed by atoms with van der Waals surface area (Å²) in [6, 6.07) is 3.33. The first-order chi connectivity index (χ1) is 10.6. The van der Waals surface area contributed by atoms with Gasteiger partial charge in [-0.15, -0.1) is 0 Å². The van der Waals surface area contributed by atoms with E-state index < -0.39 is 11.6 Å². The molecule has 1 heterocycles. The summed E-state index contributed by atoms with van der Waals surface area (Å²) in [5.74, 6) is 0.634. The van der Waals surface area contributed by atoms with Crippen LogP contribution in [0.25, 0.3) is 0 Å². The third kappa shape index (κ3) is 4.51. The van der Waals surface area contributed by atoms with Crippen LogP contribution in [0.4, 0.5) is 8.78 Å². The maximum atomic E-state index is 13.5. The minimum atomic E-state index is -0.479. The van der Waals surface area contributed by atoms with Crippen LogP contribution in [-0.4, -0.2) is 29.7 Å². The number of guanidine groups is 1. The first kappa shape index (κ1) is 15.9. The monoisotopic (exact) mass is 309 g/mol. The molecule has 118 valence electrons. The molecule has 2 aromatic rings. The van der Waals surface area contributed by atoms with Crippen molar-refractivity contribution in [1.82, 2.24) is 20.8 Å². The third-order valence-corrected chi connectivity index (χ3v) is 2.88. The van der Waals surface area contributed by atoms with Gasteiger partial charge in [-0.05, 0) is 25.1 Å². The minimum absolute atomic E-state index is 0.128. The molecular formula is C14H17F2N5O. The van der Waals surface area contributed by atoms with E-state index in [0.717, 1.165) is 18.2 Å². The summed E-state index contributed by atoms with van der Waals surface area (Å²) in [7, 11) is 1.59. The van der Waals surface area contributed by atoms with E-state index in [4.69, 9.17) is 4.52 Å². The maximum Gasteiger partial charge on any atom is 0.228 e. The van der Waals surface area contributed by atoms with Gasteiger partial charge in [-0.2, -0.15) is 4.98 Å². The molecule has 0 bridgehead atoms. The lowest BCUT2D eigenvalue weighted by molar-refractivity contribution is 0.374. The number of benzene rings is 1. The van der Waals surface area contributed by atoms with Gasteiger partial charge in [-0.25, -0.2) is 8.78 Å². The van der Waals surface area contributed by atoms with Crippen molar-refractivity contribution in [2.75, 3.05) is 13.6 Å². The molecule has 0 amide bonds. The average Bonchev–Trinajstić information content (AvgIpc) is 2.91. The first-order valence-electron chi connectivity index (χ1n) is 6.76. The number of aromatic nitrogens is 2. The highest BCUT2D eigenvalue weighted by Crippen LogP contribution is 2.09. The molecule has 6 nitrogen and oxygen atoms in total. The number of aliphatic imine (C=N–C) groups is 1. The largest absolute Gasteiger partial charge is 0.356 e. The lowest BCUT2D eigenvalue weighted by atomic mass is 10.2. The Morgan fingerprint density at radius 2 is 2.14 bits per heavy atom. The first-order valence-corrected chi connectivity index (χ1v) is 6.76. The van der Waals surface area contributed by atoms with Crippen LogP contribution in [0.5, 0.6) is 0 Å².